The van der Waals surface area contributed by atoms with Gasteiger partial charge in [-0.2, -0.15) is 0 Å². The first-order chi connectivity index (χ1) is 13.0. The predicted molar refractivity (Wildman–Crippen MR) is 116 cm³/mol. The van der Waals surface area contributed by atoms with E-state index in [1.165, 1.54) is 11.8 Å². The van der Waals surface area contributed by atoms with Gasteiger partial charge in [-0.25, -0.2) is 0 Å². The van der Waals surface area contributed by atoms with Gasteiger partial charge in [-0.3, -0.25) is 9.69 Å². The Bertz CT molecular complexity index is 1090. The average Bonchev–Trinajstić information content (AvgIpc) is 3.21. The van der Waals surface area contributed by atoms with Crippen molar-refractivity contribution in [1.82, 2.24) is 0 Å². The average molecular weight is 412 g/mol. The molecule has 1 saturated heterocycles. The second-order valence-corrected chi connectivity index (χ2v) is 8.07. The molecule has 27 heavy (non-hydrogen) atoms. The first-order valence-corrected chi connectivity index (χ1v) is 9.83. The number of amides is 1. The highest BCUT2D eigenvalue weighted by atomic mass is 35.5. The van der Waals surface area contributed by atoms with Gasteiger partial charge in [0, 0.05) is 11.6 Å². The minimum absolute atomic E-state index is 0.144. The van der Waals surface area contributed by atoms with Crippen LogP contribution in [0, 0.1) is 6.92 Å². The zero-order valence-electron chi connectivity index (χ0n) is 14.3. The smallest absolute Gasteiger partial charge is 0.270 e. The monoisotopic (exact) mass is 411 g/mol. The van der Waals surface area contributed by atoms with E-state index in [1.54, 1.807) is 11.0 Å². The zero-order chi connectivity index (χ0) is 19.0. The first-order valence-electron chi connectivity index (χ1n) is 8.23. The van der Waals surface area contributed by atoms with Crippen molar-refractivity contribution in [3.05, 3.63) is 81.9 Å². The summed E-state index contributed by atoms with van der Waals surface area (Å²) in [4.78, 5) is 15.0. The number of thioether (sulfide) groups is 1. The number of hydrogen-bond donors (Lipinski definition) is 0. The highest BCUT2D eigenvalue weighted by Gasteiger charge is 2.34. The molecule has 1 fully saturated rings. The van der Waals surface area contributed by atoms with Gasteiger partial charge in [0.15, 0.2) is 4.32 Å². The fourth-order valence-corrected chi connectivity index (χ4v) is 4.35. The molecule has 0 bridgehead atoms. The normalized spacial score (nSPS) is 15.8. The van der Waals surface area contributed by atoms with Gasteiger partial charge in [-0.1, -0.05) is 65.9 Å². The van der Waals surface area contributed by atoms with Gasteiger partial charge in [0.05, 0.1) is 15.6 Å². The Labute approximate surface area is 171 Å². The van der Waals surface area contributed by atoms with E-state index in [9.17, 15) is 4.79 Å². The molecular formula is C21H14ClNO2S2. The third kappa shape index (κ3) is 3.46. The fraction of sp³-hybridized carbons (Fsp3) is 0.0476. The van der Waals surface area contributed by atoms with Crippen molar-refractivity contribution in [2.75, 3.05) is 4.90 Å². The van der Waals surface area contributed by atoms with Gasteiger partial charge in [0.2, 0.25) is 0 Å². The van der Waals surface area contributed by atoms with Crippen molar-refractivity contribution < 1.29 is 9.21 Å². The maximum atomic E-state index is 12.9. The lowest BCUT2D eigenvalue weighted by Gasteiger charge is -2.16. The molecule has 134 valence electrons. The van der Waals surface area contributed by atoms with E-state index < -0.39 is 0 Å². The molecule has 4 rings (SSSR count). The Hall–Kier alpha value is -2.34. The van der Waals surface area contributed by atoms with Crippen LogP contribution in [0.1, 0.15) is 11.3 Å². The molecule has 1 aliphatic heterocycles. The van der Waals surface area contributed by atoms with Gasteiger partial charge in [-0.05, 0) is 42.8 Å². The molecule has 0 N–H and O–H groups in total. The molecule has 0 unspecified atom stereocenters. The number of rotatable bonds is 3. The van der Waals surface area contributed by atoms with Crippen LogP contribution in [0.2, 0.25) is 5.02 Å². The molecule has 2 heterocycles. The van der Waals surface area contributed by atoms with Crippen molar-refractivity contribution in [1.29, 1.82) is 0 Å². The molecular weight excluding hydrogens is 398 g/mol. The van der Waals surface area contributed by atoms with Crippen LogP contribution in [0.15, 0.2) is 70.0 Å². The number of carbonyl (C=O) groups excluding carboxylic acids is 1. The van der Waals surface area contributed by atoms with Crippen LogP contribution in [0.4, 0.5) is 5.69 Å². The largest absolute Gasteiger partial charge is 0.457 e. The minimum Gasteiger partial charge on any atom is -0.457 e. The van der Waals surface area contributed by atoms with Crippen molar-refractivity contribution in [2.45, 2.75) is 6.92 Å². The molecule has 0 atom stereocenters. The van der Waals surface area contributed by atoms with Crippen molar-refractivity contribution in [3.8, 4) is 11.3 Å². The third-order valence-corrected chi connectivity index (χ3v) is 5.82. The van der Waals surface area contributed by atoms with Gasteiger partial charge in [0.25, 0.3) is 5.91 Å². The molecule has 0 saturated carbocycles. The number of anilines is 1. The van der Waals surface area contributed by atoms with E-state index in [0.29, 0.717) is 25.8 Å². The summed E-state index contributed by atoms with van der Waals surface area (Å²) in [5, 5.41) is 0.615. The Morgan fingerprint density at radius 3 is 2.59 bits per heavy atom. The maximum Gasteiger partial charge on any atom is 0.270 e. The molecule has 1 aliphatic rings. The van der Waals surface area contributed by atoms with Crippen LogP contribution in [0.25, 0.3) is 17.4 Å². The molecule has 1 aromatic heterocycles. The van der Waals surface area contributed by atoms with Gasteiger partial charge in [-0.15, -0.1) is 0 Å². The summed E-state index contributed by atoms with van der Waals surface area (Å²) in [5.41, 5.74) is 2.61. The Balaban J connectivity index is 1.64. The number of benzene rings is 2. The lowest BCUT2D eigenvalue weighted by atomic mass is 10.2. The molecule has 3 nitrogen and oxygen atoms in total. The van der Waals surface area contributed by atoms with Crippen molar-refractivity contribution in [2.24, 2.45) is 0 Å². The topological polar surface area (TPSA) is 33.5 Å². The van der Waals surface area contributed by atoms with E-state index in [4.69, 9.17) is 28.2 Å². The van der Waals surface area contributed by atoms with Gasteiger partial charge < -0.3 is 4.42 Å². The van der Waals surface area contributed by atoms with Crippen molar-refractivity contribution in [3.63, 3.8) is 0 Å². The molecule has 3 aromatic rings. The summed E-state index contributed by atoms with van der Waals surface area (Å²) in [6, 6.07) is 18.8. The van der Waals surface area contributed by atoms with E-state index in [1.807, 2.05) is 67.6 Å². The molecule has 0 spiro atoms. The lowest BCUT2D eigenvalue weighted by molar-refractivity contribution is -0.113. The molecule has 0 radical (unpaired) electrons. The highest BCUT2D eigenvalue weighted by Crippen LogP contribution is 2.38. The van der Waals surface area contributed by atoms with Crippen LogP contribution in [0.5, 0.6) is 0 Å². The summed E-state index contributed by atoms with van der Waals surface area (Å²) >= 11 is 12.9. The molecule has 2 aromatic carbocycles. The van der Waals surface area contributed by atoms with Crippen LogP contribution < -0.4 is 4.90 Å². The quantitative estimate of drug-likeness (QED) is 0.373. The number of furan rings is 1. The Morgan fingerprint density at radius 2 is 1.81 bits per heavy atom. The van der Waals surface area contributed by atoms with Crippen LogP contribution in [0.3, 0.4) is 0 Å². The maximum absolute atomic E-state index is 12.9. The summed E-state index contributed by atoms with van der Waals surface area (Å²) < 4.78 is 6.38. The lowest BCUT2D eigenvalue weighted by Crippen LogP contribution is -2.28. The first kappa shape index (κ1) is 18.0. The summed E-state index contributed by atoms with van der Waals surface area (Å²) in [6.45, 7) is 1.96. The van der Waals surface area contributed by atoms with Gasteiger partial charge >= 0.3 is 0 Å². The number of halogens is 1. The molecule has 6 heteroatoms. The summed E-state index contributed by atoms with van der Waals surface area (Å²) in [6.07, 6.45) is 1.72. The second kappa shape index (κ2) is 7.35. The SMILES string of the molecule is Cc1ccccc1N1C(=O)/C(=C/c2ccc(-c3ccccc3Cl)o2)SC1=S. The standard InChI is InChI=1S/C21H14ClNO2S2/c1-13-6-2-5-9-17(13)23-20(24)19(27-21(23)26)12-14-10-11-18(25-14)15-7-3-4-8-16(15)22/h2-12H,1H3/b19-12-. The zero-order valence-corrected chi connectivity index (χ0v) is 16.7. The summed E-state index contributed by atoms with van der Waals surface area (Å²) in [5.74, 6) is 1.09. The van der Waals surface area contributed by atoms with E-state index in [-0.39, 0.29) is 5.91 Å². The molecule has 0 aliphatic carbocycles. The molecule has 1 amide bonds. The van der Waals surface area contributed by atoms with Crippen molar-refractivity contribution >= 4 is 57.6 Å². The minimum atomic E-state index is -0.144. The van der Waals surface area contributed by atoms with E-state index in [2.05, 4.69) is 0 Å². The fourth-order valence-electron chi connectivity index (χ4n) is 2.86. The van der Waals surface area contributed by atoms with Gasteiger partial charge in [0.1, 0.15) is 11.5 Å². The van der Waals surface area contributed by atoms with E-state index >= 15 is 0 Å². The Morgan fingerprint density at radius 1 is 1.07 bits per heavy atom. The van der Waals surface area contributed by atoms with Crippen LogP contribution in [-0.2, 0) is 4.79 Å². The van der Waals surface area contributed by atoms with Crippen LogP contribution >= 0.6 is 35.6 Å². The third-order valence-electron chi connectivity index (χ3n) is 4.19. The number of nitrogens with zero attached hydrogens (tertiary/aromatic N) is 1. The number of thiocarbonyl (C=S) groups is 1. The number of aryl methyl sites for hydroxylation is 1. The number of carbonyl (C=O) groups is 1. The van der Waals surface area contributed by atoms with E-state index in [0.717, 1.165) is 16.8 Å². The second-order valence-electron chi connectivity index (χ2n) is 5.99. The van der Waals surface area contributed by atoms with Crippen LogP contribution in [-0.4, -0.2) is 10.2 Å². The summed E-state index contributed by atoms with van der Waals surface area (Å²) in [7, 11) is 0. The Kier molecular flexibility index (Phi) is 4.91. The number of para-hydroxylation sites is 1. The predicted octanol–water partition coefficient (Wildman–Crippen LogP) is 6.31. The highest BCUT2D eigenvalue weighted by molar-refractivity contribution is 8.27. The number of hydrogen-bond acceptors (Lipinski definition) is 4.